The molecule has 0 N–H and O–H groups in total. The van der Waals surface area contributed by atoms with Crippen LogP contribution in [0.4, 0.5) is 0 Å². The van der Waals surface area contributed by atoms with Crippen molar-refractivity contribution >= 4 is 36.9 Å². The summed E-state index contributed by atoms with van der Waals surface area (Å²) in [7, 11) is -3.75. The highest BCUT2D eigenvalue weighted by atomic mass is 28.3. The molecule has 2 heteroatoms. The van der Waals surface area contributed by atoms with Gasteiger partial charge in [-0.3, -0.25) is 0 Å². The molecule has 0 bridgehead atoms. The van der Waals surface area contributed by atoms with E-state index in [-0.39, 0.29) is 0 Å². The minimum absolute atomic E-state index is 1.26. The van der Waals surface area contributed by atoms with Crippen LogP contribution in [0, 0.1) is 0 Å². The average molecular weight is 427 g/mol. The molecule has 0 atom stereocenters. The molecule has 4 rings (SSSR count). The molecule has 1 heterocycles. The summed E-state index contributed by atoms with van der Waals surface area (Å²) >= 11 is 0. The van der Waals surface area contributed by atoms with Crippen molar-refractivity contribution in [2.24, 2.45) is 0 Å². The lowest BCUT2D eigenvalue weighted by atomic mass is 10.1. The van der Waals surface area contributed by atoms with E-state index in [1.54, 1.807) is 20.8 Å². The normalized spacial score (nSPS) is 16.9. The lowest BCUT2D eigenvalue weighted by Gasteiger charge is -2.49. The van der Waals surface area contributed by atoms with Gasteiger partial charge in [-0.15, -0.1) is 0 Å². The molecule has 0 nitrogen and oxygen atoms in total. The van der Waals surface area contributed by atoms with Crippen LogP contribution in [-0.2, 0) is 0 Å². The van der Waals surface area contributed by atoms with Crippen LogP contribution in [0.2, 0.25) is 24.2 Å². The molecule has 0 saturated heterocycles. The molecule has 0 aliphatic carbocycles. The van der Waals surface area contributed by atoms with Gasteiger partial charge in [-0.05, 0) is 21.5 Å². The van der Waals surface area contributed by atoms with Crippen molar-refractivity contribution in [2.75, 3.05) is 0 Å². The molecular weight excluding hydrogens is 392 g/mol. The fourth-order valence-electron chi connectivity index (χ4n) is 6.09. The van der Waals surface area contributed by atoms with Crippen LogP contribution in [0.15, 0.2) is 84.9 Å². The summed E-state index contributed by atoms with van der Waals surface area (Å²) in [6.45, 7) is 9.80. The number of rotatable bonds is 6. The predicted molar refractivity (Wildman–Crippen MR) is 139 cm³/mol. The fourth-order valence-corrected chi connectivity index (χ4v) is 18.1. The van der Waals surface area contributed by atoms with Crippen molar-refractivity contribution in [3.05, 3.63) is 96.1 Å². The van der Waals surface area contributed by atoms with Crippen molar-refractivity contribution in [3.63, 3.8) is 0 Å². The molecule has 0 amide bonds. The van der Waals surface area contributed by atoms with Crippen molar-refractivity contribution in [3.8, 4) is 0 Å². The van der Waals surface area contributed by atoms with E-state index in [9.17, 15) is 0 Å². The molecule has 3 aromatic rings. The summed E-state index contributed by atoms with van der Waals surface area (Å²) in [6.07, 6.45) is 0. The van der Waals surface area contributed by atoms with Crippen LogP contribution in [0.5, 0.6) is 0 Å². The van der Waals surface area contributed by atoms with Gasteiger partial charge in [0.15, 0.2) is 0 Å². The lowest BCUT2D eigenvalue weighted by molar-refractivity contribution is 1.27. The molecular formula is C28H34Si2. The molecule has 0 aromatic heterocycles. The highest BCUT2D eigenvalue weighted by Crippen LogP contribution is 2.46. The second-order valence-corrected chi connectivity index (χ2v) is 17.8. The van der Waals surface area contributed by atoms with Crippen LogP contribution < -0.4 is 10.4 Å². The highest BCUT2D eigenvalue weighted by molar-refractivity contribution is 7.22. The third-order valence-electron chi connectivity index (χ3n) is 7.70. The van der Waals surface area contributed by atoms with Gasteiger partial charge in [0.05, 0.1) is 0 Å². The Morgan fingerprint density at radius 3 is 1.03 bits per heavy atom. The number of hydrogen-bond acceptors (Lipinski definition) is 0. The first-order valence-corrected chi connectivity index (χ1v) is 16.5. The maximum absolute atomic E-state index is 2.51. The Balaban J connectivity index is 2.24. The smallest absolute Gasteiger partial charge is 0.0672 e. The topological polar surface area (TPSA) is 0 Å². The zero-order valence-corrected chi connectivity index (χ0v) is 20.9. The van der Waals surface area contributed by atoms with E-state index < -0.39 is 16.1 Å². The maximum Gasteiger partial charge on any atom is 0.118 e. The van der Waals surface area contributed by atoms with E-state index in [1.807, 2.05) is 0 Å². The Kier molecular flexibility index (Phi) is 5.99. The quantitative estimate of drug-likeness (QED) is 0.381. The SMILES string of the molecule is CC[Si]1(CC)C(c2ccccc2)=C(c2ccccc2)[Si](CC)(CC)c2ccccc21. The van der Waals surface area contributed by atoms with Gasteiger partial charge in [-0.25, -0.2) is 0 Å². The van der Waals surface area contributed by atoms with Gasteiger partial charge >= 0.3 is 0 Å². The largest absolute Gasteiger partial charge is 0.118 e. The molecule has 0 spiro atoms. The van der Waals surface area contributed by atoms with Crippen molar-refractivity contribution in [1.82, 2.24) is 0 Å². The maximum atomic E-state index is 2.51. The zero-order valence-electron chi connectivity index (χ0n) is 18.9. The molecule has 0 fully saturated rings. The number of benzene rings is 3. The Morgan fingerprint density at radius 1 is 0.433 bits per heavy atom. The summed E-state index contributed by atoms with van der Waals surface area (Å²) in [4.78, 5) is 0. The fraction of sp³-hybridized carbons (Fsp3) is 0.286. The summed E-state index contributed by atoms with van der Waals surface area (Å²) in [5.74, 6) is 0. The Labute approximate surface area is 184 Å². The highest BCUT2D eigenvalue weighted by Gasteiger charge is 2.51. The Morgan fingerprint density at radius 2 is 0.733 bits per heavy atom. The van der Waals surface area contributed by atoms with Gasteiger partial charge < -0.3 is 0 Å². The summed E-state index contributed by atoms with van der Waals surface area (Å²) in [5, 5.41) is 6.97. The van der Waals surface area contributed by atoms with Crippen LogP contribution in [0.1, 0.15) is 38.8 Å². The van der Waals surface area contributed by atoms with Crippen LogP contribution in [-0.4, -0.2) is 16.1 Å². The Bertz CT molecular complexity index is 942. The summed E-state index contributed by atoms with van der Waals surface area (Å²) in [5.41, 5.74) is 2.94. The average Bonchev–Trinajstić information content (AvgIpc) is 2.83. The lowest BCUT2D eigenvalue weighted by Crippen LogP contribution is -2.68. The zero-order chi connectivity index (χ0) is 21.2. The number of fused-ring (bicyclic) bond motifs is 1. The van der Waals surface area contributed by atoms with E-state index >= 15 is 0 Å². The van der Waals surface area contributed by atoms with E-state index in [0.29, 0.717) is 0 Å². The van der Waals surface area contributed by atoms with Crippen LogP contribution in [0.3, 0.4) is 0 Å². The standard InChI is InChI=1S/C28H34Si2/c1-5-29(6-2)25-21-15-16-22-26(25)30(7-3,8-4)28(24-19-13-10-14-20-24)27(29)23-17-11-9-12-18-23/h9-22H,5-8H2,1-4H3. The predicted octanol–water partition coefficient (Wildman–Crippen LogP) is 6.78. The summed E-state index contributed by atoms with van der Waals surface area (Å²) < 4.78 is 0. The third-order valence-corrected chi connectivity index (χ3v) is 19.0. The molecule has 0 saturated carbocycles. The van der Waals surface area contributed by atoms with Gasteiger partial charge in [0.25, 0.3) is 0 Å². The number of hydrogen-bond donors (Lipinski definition) is 0. The molecule has 1 aliphatic heterocycles. The summed E-state index contributed by atoms with van der Waals surface area (Å²) in [6, 6.07) is 37.4. The second-order valence-electron chi connectivity index (χ2n) is 8.61. The van der Waals surface area contributed by atoms with Gasteiger partial charge in [0.1, 0.15) is 16.1 Å². The molecule has 30 heavy (non-hydrogen) atoms. The molecule has 3 aromatic carbocycles. The van der Waals surface area contributed by atoms with Gasteiger partial charge in [0, 0.05) is 0 Å². The van der Waals surface area contributed by atoms with Crippen LogP contribution in [0.25, 0.3) is 10.4 Å². The minimum atomic E-state index is -1.87. The van der Waals surface area contributed by atoms with Crippen molar-refractivity contribution in [2.45, 2.75) is 51.9 Å². The van der Waals surface area contributed by atoms with E-state index in [4.69, 9.17) is 0 Å². The van der Waals surface area contributed by atoms with Gasteiger partial charge in [-0.2, -0.15) is 0 Å². The first kappa shape index (κ1) is 21.1. The minimum Gasteiger partial charge on any atom is -0.0672 e. The van der Waals surface area contributed by atoms with Crippen molar-refractivity contribution in [1.29, 1.82) is 0 Å². The third kappa shape index (κ3) is 3.00. The van der Waals surface area contributed by atoms with E-state index in [1.165, 1.54) is 35.3 Å². The van der Waals surface area contributed by atoms with Crippen molar-refractivity contribution < 1.29 is 0 Å². The monoisotopic (exact) mass is 426 g/mol. The van der Waals surface area contributed by atoms with E-state index in [0.717, 1.165) is 0 Å². The van der Waals surface area contributed by atoms with E-state index in [2.05, 4.69) is 113 Å². The van der Waals surface area contributed by atoms with Gasteiger partial charge in [-0.1, -0.05) is 147 Å². The molecule has 0 unspecified atom stereocenters. The first-order chi connectivity index (χ1) is 14.7. The molecule has 0 radical (unpaired) electrons. The Hall–Kier alpha value is -2.17. The van der Waals surface area contributed by atoms with Crippen LogP contribution >= 0.6 is 0 Å². The first-order valence-electron chi connectivity index (χ1n) is 11.6. The van der Waals surface area contributed by atoms with Gasteiger partial charge in [0.2, 0.25) is 0 Å². The molecule has 154 valence electrons. The second kappa shape index (κ2) is 8.52. The molecule has 1 aliphatic rings.